The molecule has 0 aliphatic heterocycles. The summed E-state index contributed by atoms with van der Waals surface area (Å²) in [7, 11) is 0. The van der Waals surface area contributed by atoms with Gasteiger partial charge in [-0.25, -0.2) is 4.98 Å². The van der Waals surface area contributed by atoms with Crippen LogP contribution >= 0.6 is 31.9 Å². The number of hydrogen-bond donors (Lipinski definition) is 2. The van der Waals surface area contributed by atoms with Crippen molar-refractivity contribution in [2.75, 3.05) is 0 Å². The fourth-order valence-corrected chi connectivity index (χ4v) is 2.95. The molecule has 0 saturated carbocycles. The highest BCUT2D eigenvalue weighted by Gasteiger charge is 2.18. The highest BCUT2D eigenvalue weighted by molar-refractivity contribution is 9.11. The second kappa shape index (κ2) is 6.04. The van der Waals surface area contributed by atoms with Crippen molar-refractivity contribution in [3.8, 4) is 11.5 Å². The molecule has 1 atom stereocenters. The van der Waals surface area contributed by atoms with Crippen LogP contribution in [0.3, 0.4) is 0 Å². The van der Waals surface area contributed by atoms with E-state index in [4.69, 9.17) is 10.3 Å². The van der Waals surface area contributed by atoms with Crippen molar-refractivity contribution in [2.24, 2.45) is 5.73 Å². The largest absolute Gasteiger partial charge is 0.348 e. The van der Waals surface area contributed by atoms with Crippen molar-refractivity contribution in [1.29, 1.82) is 0 Å². The van der Waals surface area contributed by atoms with Gasteiger partial charge in [0.25, 0.3) is 0 Å². The van der Waals surface area contributed by atoms with Gasteiger partial charge in [-0.15, -0.1) is 0 Å². The van der Waals surface area contributed by atoms with Gasteiger partial charge < -0.3 is 15.2 Å². The summed E-state index contributed by atoms with van der Waals surface area (Å²) in [5.41, 5.74) is 7.56. The molecule has 3 aromatic heterocycles. The Morgan fingerprint density at radius 3 is 2.90 bits per heavy atom. The Morgan fingerprint density at radius 2 is 2.19 bits per heavy atom. The molecular weight excluding hydrogens is 404 g/mol. The van der Waals surface area contributed by atoms with Crippen LogP contribution in [0.5, 0.6) is 0 Å². The van der Waals surface area contributed by atoms with Gasteiger partial charge in [-0.3, -0.25) is 4.98 Å². The fourth-order valence-electron chi connectivity index (χ4n) is 1.78. The molecule has 0 radical (unpaired) electrons. The Labute approximate surface area is 136 Å². The molecule has 0 aliphatic rings. The maximum atomic E-state index is 6.06. The molecule has 0 aromatic carbocycles. The van der Waals surface area contributed by atoms with Crippen molar-refractivity contribution in [2.45, 2.75) is 12.5 Å². The van der Waals surface area contributed by atoms with Crippen LogP contribution in [0, 0.1) is 0 Å². The molecule has 9 heteroatoms. The Kier molecular flexibility index (Phi) is 4.13. The molecule has 108 valence electrons. The average Bonchev–Trinajstić information content (AvgIpc) is 3.09. The zero-order valence-corrected chi connectivity index (χ0v) is 13.8. The summed E-state index contributed by atoms with van der Waals surface area (Å²) in [5.74, 6) is 0.751. The summed E-state index contributed by atoms with van der Waals surface area (Å²) in [6, 6.07) is 1.46. The number of rotatable bonds is 4. The fraction of sp³-hybridized carbons (Fsp3) is 0.167. The number of pyridine rings is 1. The van der Waals surface area contributed by atoms with E-state index in [2.05, 4.69) is 57.0 Å². The first-order valence-electron chi connectivity index (χ1n) is 6.01. The predicted molar refractivity (Wildman–Crippen MR) is 82.1 cm³/mol. The molecule has 0 aliphatic carbocycles. The highest BCUT2D eigenvalue weighted by Crippen LogP contribution is 2.27. The topological polar surface area (TPSA) is 107 Å². The molecule has 21 heavy (non-hydrogen) atoms. The maximum Gasteiger partial charge on any atom is 0.244 e. The minimum Gasteiger partial charge on any atom is -0.348 e. The van der Waals surface area contributed by atoms with E-state index in [-0.39, 0.29) is 0 Å². The first-order valence-corrected chi connectivity index (χ1v) is 7.60. The quantitative estimate of drug-likeness (QED) is 0.680. The van der Waals surface area contributed by atoms with E-state index in [9.17, 15) is 0 Å². The predicted octanol–water partition coefficient (Wildman–Crippen LogP) is 2.62. The lowest BCUT2D eigenvalue weighted by atomic mass is 10.2. The molecule has 0 bridgehead atoms. The second-order valence-electron chi connectivity index (χ2n) is 4.33. The van der Waals surface area contributed by atoms with Gasteiger partial charge in [0.05, 0.1) is 12.4 Å². The minimum atomic E-state index is -0.402. The highest BCUT2D eigenvalue weighted by atomic mass is 79.9. The van der Waals surface area contributed by atoms with Crippen molar-refractivity contribution in [3.63, 3.8) is 0 Å². The zero-order valence-electron chi connectivity index (χ0n) is 10.6. The smallest absolute Gasteiger partial charge is 0.244 e. The number of aromatic nitrogens is 5. The number of H-pyrrole nitrogens is 1. The van der Waals surface area contributed by atoms with E-state index in [1.165, 1.54) is 0 Å². The number of imidazole rings is 1. The van der Waals surface area contributed by atoms with Gasteiger partial charge in [0, 0.05) is 33.5 Å². The minimum absolute atomic E-state index is 0.358. The number of nitrogens with one attached hydrogen (secondary N) is 1. The molecule has 0 spiro atoms. The summed E-state index contributed by atoms with van der Waals surface area (Å²) < 4.78 is 6.85. The lowest BCUT2D eigenvalue weighted by Gasteiger charge is -2.03. The SMILES string of the molecule is N[C@H](Cc1cnc[nH]1)c1nc(-c2ncc(Br)cc2Br)no1. The van der Waals surface area contributed by atoms with Crippen LogP contribution in [0.1, 0.15) is 17.6 Å². The van der Waals surface area contributed by atoms with Crippen molar-refractivity contribution < 1.29 is 4.52 Å². The Balaban J connectivity index is 1.82. The van der Waals surface area contributed by atoms with Crippen molar-refractivity contribution >= 4 is 31.9 Å². The van der Waals surface area contributed by atoms with Crippen LogP contribution in [-0.2, 0) is 6.42 Å². The van der Waals surface area contributed by atoms with Crippen molar-refractivity contribution in [3.05, 3.63) is 45.3 Å². The van der Waals surface area contributed by atoms with Gasteiger partial charge in [0.1, 0.15) is 5.69 Å². The van der Waals surface area contributed by atoms with E-state index in [0.717, 1.165) is 14.6 Å². The lowest BCUT2D eigenvalue weighted by molar-refractivity contribution is 0.353. The number of halogens is 2. The molecule has 3 N–H and O–H groups in total. The molecule has 0 saturated heterocycles. The van der Waals surface area contributed by atoms with Crippen LogP contribution in [0.2, 0.25) is 0 Å². The van der Waals surface area contributed by atoms with Crippen LogP contribution in [0.15, 0.2) is 38.3 Å². The summed E-state index contributed by atoms with van der Waals surface area (Å²) in [6.07, 6.45) is 5.52. The zero-order chi connectivity index (χ0) is 14.8. The van der Waals surface area contributed by atoms with Gasteiger partial charge >= 0.3 is 0 Å². The molecule has 7 nitrogen and oxygen atoms in total. The summed E-state index contributed by atoms with van der Waals surface area (Å²) in [4.78, 5) is 15.5. The summed E-state index contributed by atoms with van der Waals surface area (Å²) in [5, 5.41) is 3.93. The van der Waals surface area contributed by atoms with E-state index < -0.39 is 6.04 Å². The molecule has 3 heterocycles. The average molecular weight is 414 g/mol. The first kappa shape index (κ1) is 14.4. The Morgan fingerprint density at radius 1 is 1.33 bits per heavy atom. The van der Waals surface area contributed by atoms with Crippen molar-refractivity contribution in [1.82, 2.24) is 25.1 Å². The number of nitrogens with zero attached hydrogens (tertiary/aromatic N) is 4. The normalized spacial score (nSPS) is 12.5. The summed E-state index contributed by atoms with van der Waals surface area (Å²) >= 11 is 6.76. The van der Waals surface area contributed by atoms with Crippen LogP contribution < -0.4 is 5.73 Å². The molecule has 0 unspecified atom stereocenters. The van der Waals surface area contributed by atoms with Gasteiger partial charge in [0.2, 0.25) is 11.7 Å². The lowest BCUT2D eigenvalue weighted by Crippen LogP contribution is -2.14. The molecule has 3 aromatic rings. The second-order valence-corrected chi connectivity index (χ2v) is 6.10. The van der Waals surface area contributed by atoms with Gasteiger partial charge in [-0.05, 0) is 37.9 Å². The molecule has 0 amide bonds. The van der Waals surface area contributed by atoms with Crippen LogP contribution in [-0.4, -0.2) is 25.1 Å². The number of aromatic amines is 1. The number of nitrogens with two attached hydrogens (primary N) is 1. The van der Waals surface area contributed by atoms with Crippen LogP contribution in [0.4, 0.5) is 0 Å². The third-order valence-electron chi connectivity index (χ3n) is 2.77. The van der Waals surface area contributed by atoms with Gasteiger partial charge in [-0.1, -0.05) is 5.16 Å². The number of hydrogen-bond acceptors (Lipinski definition) is 6. The molecular formula is C12H10Br2N6O. The standard InChI is InChI=1S/C12H10Br2N6O/c13-6-1-8(14)10(17-3-6)11-19-12(21-20-11)9(15)2-7-4-16-5-18-7/h1,3-5,9H,2,15H2,(H,16,18)/t9-/m1/s1. The summed E-state index contributed by atoms with van der Waals surface area (Å²) in [6.45, 7) is 0. The van der Waals surface area contributed by atoms with E-state index in [1.54, 1.807) is 18.7 Å². The van der Waals surface area contributed by atoms with Crippen LogP contribution in [0.25, 0.3) is 11.5 Å². The first-order chi connectivity index (χ1) is 10.1. The monoisotopic (exact) mass is 412 g/mol. The van der Waals surface area contributed by atoms with E-state index in [1.807, 2.05) is 6.07 Å². The Hall–Kier alpha value is -1.58. The van der Waals surface area contributed by atoms with E-state index in [0.29, 0.717) is 23.8 Å². The van der Waals surface area contributed by atoms with E-state index >= 15 is 0 Å². The third-order valence-corrected chi connectivity index (χ3v) is 3.81. The maximum absolute atomic E-state index is 6.06. The molecule has 0 fully saturated rings. The Bertz CT molecular complexity index is 742. The van der Waals surface area contributed by atoms with Gasteiger partial charge in [-0.2, -0.15) is 4.98 Å². The van der Waals surface area contributed by atoms with Gasteiger partial charge in [0.15, 0.2) is 0 Å². The third kappa shape index (κ3) is 3.20. The molecule has 3 rings (SSSR count).